The molecule has 0 amide bonds. The van der Waals surface area contributed by atoms with E-state index in [0.29, 0.717) is 12.2 Å². The van der Waals surface area contributed by atoms with Gasteiger partial charge in [0.25, 0.3) is 0 Å². The summed E-state index contributed by atoms with van der Waals surface area (Å²) >= 11 is 4.95. The van der Waals surface area contributed by atoms with E-state index in [-0.39, 0.29) is 4.99 Å². The van der Waals surface area contributed by atoms with Crippen LogP contribution in [-0.2, 0) is 13.6 Å². The molecule has 2 rings (SSSR count). The van der Waals surface area contributed by atoms with Crippen molar-refractivity contribution in [3.8, 4) is 0 Å². The van der Waals surface area contributed by atoms with Crippen molar-refractivity contribution in [2.24, 2.45) is 12.8 Å². The molecule has 0 fully saturated rings. The molecule has 0 bridgehead atoms. The number of hydrogen-bond donors (Lipinski definition) is 2. The largest absolute Gasteiger partial charge is 0.388 e. The van der Waals surface area contributed by atoms with Gasteiger partial charge in [0, 0.05) is 19.4 Å². The Balaban J connectivity index is 2.14. The topological polar surface area (TPSA) is 68.8 Å². The Morgan fingerprint density at radius 1 is 1.47 bits per heavy atom. The number of nitrogens with one attached hydrogen (secondary N) is 1. The Kier molecular flexibility index (Phi) is 3.34. The van der Waals surface area contributed by atoms with Gasteiger partial charge < -0.3 is 11.1 Å². The smallest absolute Gasteiger partial charge is 0.124 e. The molecule has 0 aliphatic heterocycles. The van der Waals surface area contributed by atoms with E-state index in [1.807, 2.05) is 29.9 Å². The van der Waals surface area contributed by atoms with Crippen molar-refractivity contribution >= 4 is 22.9 Å². The first-order valence-electron chi connectivity index (χ1n) is 5.14. The first-order valence-corrected chi connectivity index (χ1v) is 5.55. The number of aryl methyl sites for hydroxylation is 1. The van der Waals surface area contributed by atoms with Gasteiger partial charge >= 0.3 is 0 Å². The molecule has 88 valence electrons. The third kappa shape index (κ3) is 2.59. The molecule has 2 aromatic heterocycles. The molecule has 0 aliphatic carbocycles. The summed E-state index contributed by atoms with van der Waals surface area (Å²) in [5.74, 6) is 0. The quantitative estimate of drug-likeness (QED) is 0.791. The minimum absolute atomic E-state index is 0.290. The summed E-state index contributed by atoms with van der Waals surface area (Å²) in [5, 5.41) is 7.34. The first kappa shape index (κ1) is 11.5. The van der Waals surface area contributed by atoms with Crippen LogP contribution in [0.25, 0.3) is 0 Å². The molecule has 0 unspecified atom stereocenters. The van der Waals surface area contributed by atoms with Crippen molar-refractivity contribution in [3.63, 3.8) is 0 Å². The van der Waals surface area contributed by atoms with E-state index in [1.54, 1.807) is 12.4 Å². The van der Waals surface area contributed by atoms with Gasteiger partial charge in [0.05, 0.1) is 17.9 Å². The number of hydrogen-bond acceptors (Lipinski definition) is 4. The lowest BCUT2D eigenvalue weighted by molar-refractivity contribution is 0.720. The highest BCUT2D eigenvalue weighted by molar-refractivity contribution is 7.80. The van der Waals surface area contributed by atoms with Crippen molar-refractivity contribution in [3.05, 3.63) is 42.0 Å². The Morgan fingerprint density at radius 2 is 2.29 bits per heavy atom. The van der Waals surface area contributed by atoms with E-state index in [0.717, 1.165) is 11.4 Å². The number of thiocarbonyl (C=S) groups is 1. The lowest BCUT2D eigenvalue weighted by atomic mass is 10.3. The fourth-order valence-electron chi connectivity index (χ4n) is 1.50. The Morgan fingerprint density at radius 3 is 2.94 bits per heavy atom. The van der Waals surface area contributed by atoms with E-state index < -0.39 is 0 Å². The fourth-order valence-corrected chi connectivity index (χ4v) is 1.67. The minimum Gasteiger partial charge on any atom is -0.388 e. The normalized spacial score (nSPS) is 10.2. The molecule has 5 nitrogen and oxygen atoms in total. The molecule has 2 heterocycles. The van der Waals surface area contributed by atoms with Gasteiger partial charge in [-0.15, -0.1) is 0 Å². The maximum absolute atomic E-state index is 5.60. The van der Waals surface area contributed by atoms with Gasteiger partial charge in [-0.2, -0.15) is 5.10 Å². The number of pyridine rings is 1. The first-order chi connectivity index (χ1) is 8.18. The van der Waals surface area contributed by atoms with Gasteiger partial charge in [0.1, 0.15) is 10.7 Å². The molecule has 0 saturated carbocycles. The molecule has 0 spiro atoms. The summed E-state index contributed by atoms with van der Waals surface area (Å²) in [6, 6.07) is 5.69. The SMILES string of the molecule is Cn1nccc1CNc1cccnc1C(N)=S. The van der Waals surface area contributed by atoms with Gasteiger partial charge in [0.2, 0.25) is 0 Å². The molecule has 0 saturated heterocycles. The van der Waals surface area contributed by atoms with E-state index >= 15 is 0 Å². The highest BCUT2D eigenvalue weighted by Crippen LogP contribution is 2.13. The summed E-state index contributed by atoms with van der Waals surface area (Å²) in [4.78, 5) is 4.44. The molecule has 0 aliphatic rings. The Labute approximate surface area is 105 Å². The monoisotopic (exact) mass is 247 g/mol. The van der Waals surface area contributed by atoms with Crippen LogP contribution < -0.4 is 11.1 Å². The van der Waals surface area contributed by atoms with Crippen molar-refractivity contribution in [2.75, 3.05) is 5.32 Å². The second-order valence-corrected chi connectivity index (χ2v) is 4.00. The van der Waals surface area contributed by atoms with Crippen LogP contribution in [0.1, 0.15) is 11.4 Å². The number of nitrogens with two attached hydrogens (primary N) is 1. The van der Waals surface area contributed by atoms with E-state index in [4.69, 9.17) is 18.0 Å². The number of rotatable bonds is 4. The van der Waals surface area contributed by atoms with Crippen molar-refractivity contribution in [2.45, 2.75) is 6.54 Å². The van der Waals surface area contributed by atoms with Gasteiger partial charge in [-0.1, -0.05) is 12.2 Å². The van der Waals surface area contributed by atoms with Crippen LogP contribution in [-0.4, -0.2) is 19.8 Å². The lowest BCUT2D eigenvalue weighted by Gasteiger charge is -2.10. The number of nitrogens with zero attached hydrogens (tertiary/aromatic N) is 3. The molecule has 3 N–H and O–H groups in total. The zero-order chi connectivity index (χ0) is 12.3. The molecule has 0 radical (unpaired) electrons. The third-order valence-electron chi connectivity index (χ3n) is 2.42. The Hall–Kier alpha value is -1.95. The average molecular weight is 247 g/mol. The average Bonchev–Trinajstić information content (AvgIpc) is 2.72. The Bertz CT molecular complexity index is 534. The second-order valence-electron chi connectivity index (χ2n) is 3.56. The maximum atomic E-state index is 5.60. The molecule has 6 heteroatoms. The molecular weight excluding hydrogens is 234 g/mol. The molecule has 0 atom stereocenters. The van der Waals surface area contributed by atoms with Crippen LogP contribution in [0.15, 0.2) is 30.6 Å². The number of aromatic nitrogens is 3. The van der Waals surface area contributed by atoms with Crippen LogP contribution in [0.2, 0.25) is 0 Å². The minimum atomic E-state index is 0.290. The standard InChI is InChI=1S/C11H13N5S/c1-16-8(4-6-15-16)7-14-9-3-2-5-13-10(9)11(12)17/h2-6,14H,7H2,1H3,(H2,12,17). The van der Waals surface area contributed by atoms with Crippen LogP contribution in [0, 0.1) is 0 Å². The zero-order valence-corrected chi connectivity index (χ0v) is 10.2. The molecule has 0 aromatic carbocycles. The highest BCUT2D eigenvalue weighted by atomic mass is 32.1. The lowest BCUT2D eigenvalue weighted by Crippen LogP contribution is -2.15. The summed E-state index contributed by atoms with van der Waals surface area (Å²) in [6.45, 7) is 0.651. The molecule has 17 heavy (non-hydrogen) atoms. The third-order valence-corrected chi connectivity index (χ3v) is 2.62. The summed E-state index contributed by atoms with van der Waals surface area (Å²) in [5.41, 5.74) is 8.13. The summed E-state index contributed by atoms with van der Waals surface area (Å²) < 4.78 is 1.81. The van der Waals surface area contributed by atoms with E-state index in [1.165, 1.54) is 0 Å². The zero-order valence-electron chi connectivity index (χ0n) is 9.42. The van der Waals surface area contributed by atoms with Crippen molar-refractivity contribution in [1.82, 2.24) is 14.8 Å². The predicted molar refractivity (Wildman–Crippen MR) is 70.7 cm³/mol. The van der Waals surface area contributed by atoms with Crippen LogP contribution in [0.4, 0.5) is 5.69 Å². The van der Waals surface area contributed by atoms with Crippen LogP contribution in [0.5, 0.6) is 0 Å². The predicted octanol–water partition coefficient (Wildman–Crippen LogP) is 1.06. The molecular formula is C11H13N5S. The van der Waals surface area contributed by atoms with Gasteiger partial charge in [0.15, 0.2) is 0 Å². The highest BCUT2D eigenvalue weighted by Gasteiger charge is 2.06. The summed E-state index contributed by atoms with van der Waals surface area (Å²) in [7, 11) is 1.90. The molecule has 2 aromatic rings. The maximum Gasteiger partial charge on any atom is 0.124 e. The van der Waals surface area contributed by atoms with Gasteiger partial charge in [-0.25, -0.2) is 0 Å². The van der Waals surface area contributed by atoms with Crippen LogP contribution >= 0.6 is 12.2 Å². The number of anilines is 1. The van der Waals surface area contributed by atoms with Gasteiger partial charge in [-0.05, 0) is 18.2 Å². The second kappa shape index (κ2) is 4.92. The van der Waals surface area contributed by atoms with Crippen molar-refractivity contribution in [1.29, 1.82) is 0 Å². The van der Waals surface area contributed by atoms with Gasteiger partial charge in [-0.3, -0.25) is 9.67 Å². The van der Waals surface area contributed by atoms with Crippen molar-refractivity contribution < 1.29 is 0 Å². The van der Waals surface area contributed by atoms with E-state index in [9.17, 15) is 0 Å². The van der Waals surface area contributed by atoms with E-state index in [2.05, 4.69) is 15.4 Å². The van der Waals surface area contributed by atoms with Crippen LogP contribution in [0.3, 0.4) is 0 Å². The summed E-state index contributed by atoms with van der Waals surface area (Å²) in [6.07, 6.45) is 3.43. The fraction of sp³-hybridized carbons (Fsp3) is 0.182.